The van der Waals surface area contributed by atoms with E-state index in [1.807, 2.05) is 4.90 Å². The molecule has 2 atom stereocenters. The highest BCUT2D eigenvalue weighted by atomic mass is 16.2. The van der Waals surface area contributed by atoms with Crippen LogP contribution in [0.4, 0.5) is 10.5 Å². The van der Waals surface area contributed by atoms with Crippen molar-refractivity contribution in [1.82, 2.24) is 10.2 Å². The van der Waals surface area contributed by atoms with E-state index >= 15 is 0 Å². The van der Waals surface area contributed by atoms with Crippen molar-refractivity contribution in [1.29, 1.82) is 0 Å². The topological polar surface area (TPSA) is 61.4 Å². The van der Waals surface area contributed by atoms with E-state index in [9.17, 15) is 9.59 Å². The summed E-state index contributed by atoms with van der Waals surface area (Å²) in [6.45, 7) is 5.90. The van der Waals surface area contributed by atoms with Gasteiger partial charge in [0.1, 0.15) is 0 Å². The van der Waals surface area contributed by atoms with E-state index < -0.39 is 0 Å². The normalized spacial score (nSPS) is 21.8. The average molecular weight is 289 g/mol. The molecule has 2 N–H and O–H groups in total. The molecule has 0 saturated carbocycles. The zero-order valence-electron chi connectivity index (χ0n) is 12.8. The van der Waals surface area contributed by atoms with Crippen molar-refractivity contribution >= 4 is 17.6 Å². The molecule has 0 bridgehead atoms. The highest BCUT2D eigenvalue weighted by Crippen LogP contribution is 2.22. The summed E-state index contributed by atoms with van der Waals surface area (Å²) in [5.41, 5.74) is 1.18. The maximum atomic E-state index is 12.3. The summed E-state index contributed by atoms with van der Waals surface area (Å²) in [6.07, 6.45) is 1.16. The van der Waals surface area contributed by atoms with Crippen LogP contribution < -0.4 is 10.6 Å². The number of carbonyl (C=O) groups excluding carboxylic acids is 2. The summed E-state index contributed by atoms with van der Waals surface area (Å²) in [5, 5.41) is 5.45. The van der Waals surface area contributed by atoms with Crippen molar-refractivity contribution in [3.8, 4) is 0 Å². The molecule has 0 radical (unpaired) electrons. The molecule has 1 fully saturated rings. The van der Waals surface area contributed by atoms with Gasteiger partial charge in [0.25, 0.3) is 5.91 Å². The van der Waals surface area contributed by atoms with Crippen LogP contribution in [0.3, 0.4) is 0 Å². The molecule has 1 aromatic rings. The van der Waals surface area contributed by atoms with E-state index in [1.165, 1.54) is 0 Å². The van der Waals surface area contributed by atoms with Gasteiger partial charge in [0, 0.05) is 31.4 Å². The third kappa shape index (κ3) is 3.97. The van der Waals surface area contributed by atoms with E-state index in [-0.39, 0.29) is 11.9 Å². The van der Waals surface area contributed by atoms with Crippen molar-refractivity contribution in [3.05, 3.63) is 29.8 Å². The maximum absolute atomic E-state index is 12.3. The number of rotatable bonds is 2. The standard InChI is InChI=1S/C16H23N3O2/c1-11-7-12(2)10-19(9-11)16(21)18-14-6-4-5-13(8-14)15(20)17-3/h4-6,8,11-12H,7,9-10H2,1-3H3,(H,17,20)(H,18,21). The maximum Gasteiger partial charge on any atom is 0.321 e. The lowest BCUT2D eigenvalue weighted by atomic mass is 9.92. The molecule has 1 heterocycles. The number of carbonyl (C=O) groups is 2. The summed E-state index contributed by atoms with van der Waals surface area (Å²) in [6, 6.07) is 6.87. The molecule has 2 rings (SSSR count). The van der Waals surface area contributed by atoms with Gasteiger partial charge in [0.2, 0.25) is 0 Å². The van der Waals surface area contributed by atoms with Gasteiger partial charge >= 0.3 is 6.03 Å². The second-order valence-corrected chi connectivity index (χ2v) is 5.94. The van der Waals surface area contributed by atoms with E-state index in [0.717, 1.165) is 19.5 Å². The molecule has 1 aromatic carbocycles. The van der Waals surface area contributed by atoms with Crippen LogP contribution >= 0.6 is 0 Å². The van der Waals surface area contributed by atoms with Crippen LogP contribution in [-0.4, -0.2) is 37.0 Å². The van der Waals surface area contributed by atoms with Crippen LogP contribution in [0.25, 0.3) is 0 Å². The fraction of sp³-hybridized carbons (Fsp3) is 0.500. The summed E-state index contributed by atoms with van der Waals surface area (Å²) in [7, 11) is 1.59. The van der Waals surface area contributed by atoms with Crippen molar-refractivity contribution in [2.45, 2.75) is 20.3 Å². The van der Waals surface area contributed by atoms with Crippen LogP contribution in [0.2, 0.25) is 0 Å². The second-order valence-electron chi connectivity index (χ2n) is 5.94. The zero-order valence-corrected chi connectivity index (χ0v) is 12.8. The molecule has 114 valence electrons. The van der Waals surface area contributed by atoms with Gasteiger partial charge < -0.3 is 15.5 Å². The quantitative estimate of drug-likeness (QED) is 0.879. The molecule has 2 unspecified atom stereocenters. The number of urea groups is 1. The first-order chi connectivity index (χ1) is 9.99. The van der Waals surface area contributed by atoms with Crippen molar-refractivity contribution in [2.75, 3.05) is 25.5 Å². The third-order valence-corrected chi connectivity index (χ3v) is 3.76. The second kappa shape index (κ2) is 6.61. The predicted molar refractivity (Wildman–Crippen MR) is 83.4 cm³/mol. The number of piperidine rings is 1. The Morgan fingerprint density at radius 3 is 2.48 bits per heavy atom. The Kier molecular flexibility index (Phi) is 4.83. The van der Waals surface area contributed by atoms with Crippen LogP contribution in [0.1, 0.15) is 30.6 Å². The van der Waals surface area contributed by atoms with Gasteiger partial charge in [-0.05, 0) is 36.5 Å². The van der Waals surface area contributed by atoms with Crippen molar-refractivity contribution < 1.29 is 9.59 Å². The number of amides is 3. The molecule has 21 heavy (non-hydrogen) atoms. The van der Waals surface area contributed by atoms with Gasteiger partial charge in [0.05, 0.1) is 0 Å². The lowest BCUT2D eigenvalue weighted by Gasteiger charge is -2.34. The monoisotopic (exact) mass is 289 g/mol. The smallest absolute Gasteiger partial charge is 0.321 e. The molecule has 5 heteroatoms. The van der Waals surface area contributed by atoms with E-state index in [2.05, 4.69) is 24.5 Å². The largest absolute Gasteiger partial charge is 0.355 e. The lowest BCUT2D eigenvalue weighted by molar-refractivity contribution is 0.0963. The zero-order chi connectivity index (χ0) is 15.4. The number of nitrogens with one attached hydrogen (secondary N) is 2. The number of hydrogen-bond acceptors (Lipinski definition) is 2. The van der Waals surface area contributed by atoms with Crippen LogP contribution in [0.5, 0.6) is 0 Å². The minimum atomic E-state index is -0.161. The van der Waals surface area contributed by atoms with Gasteiger partial charge in [-0.1, -0.05) is 19.9 Å². The molecule has 1 aliphatic rings. The van der Waals surface area contributed by atoms with Gasteiger partial charge in [-0.3, -0.25) is 4.79 Å². The molecule has 0 aliphatic carbocycles. The molecule has 0 spiro atoms. The number of nitrogens with zero attached hydrogens (tertiary/aromatic N) is 1. The third-order valence-electron chi connectivity index (χ3n) is 3.76. The number of hydrogen-bond donors (Lipinski definition) is 2. The number of likely N-dealkylation sites (tertiary alicyclic amines) is 1. The molecule has 1 aliphatic heterocycles. The van der Waals surface area contributed by atoms with Crippen LogP contribution in [0.15, 0.2) is 24.3 Å². The summed E-state index contributed by atoms with van der Waals surface area (Å²) < 4.78 is 0. The first-order valence-electron chi connectivity index (χ1n) is 7.37. The SMILES string of the molecule is CNC(=O)c1cccc(NC(=O)N2CC(C)CC(C)C2)c1. The minimum Gasteiger partial charge on any atom is -0.355 e. The Morgan fingerprint density at radius 2 is 1.86 bits per heavy atom. The van der Waals surface area contributed by atoms with E-state index in [4.69, 9.17) is 0 Å². The molecule has 0 aromatic heterocycles. The first kappa shape index (κ1) is 15.4. The van der Waals surface area contributed by atoms with Crippen LogP contribution in [-0.2, 0) is 0 Å². The molecular weight excluding hydrogens is 266 g/mol. The number of anilines is 1. The molecular formula is C16H23N3O2. The highest BCUT2D eigenvalue weighted by Gasteiger charge is 2.25. The Hall–Kier alpha value is -2.04. The Morgan fingerprint density at radius 1 is 1.19 bits per heavy atom. The minimum absolute atomic E-state index is 0.0949. The lowest BCUT2D eigenvalue weighted by Crippen LogP contribution is -2.44. The van der Waals surface area contributed by atoms with Gasteiger partial charge in [0.15, 0.2) is 0 Å². The van der Waals surface area contributed by atoms with Gasteiger partial charge in [-0.2, -0.15) is 0 Å². The molecule has 3 amide bonds. The highest BCUT2D eigenvalue weighted by molar-refractivity contribution is 5.96. The summed E-state index contributed by atoms with van der Waals surface area (Å²) in [5.74, 6) is 0.889. The Bertz CT molecular complexity index is 520. The first-order valence-corrected chi connectivity index (χ1v) is 7.37. The van der Waals surface area contributed by atoms with E-state index in [0.29, 0.717) is 23.1 Å². The number of benzene rings is 1. The van der Waals surface area contributed by atoms with Crippen molar-refractivity contribution in [2.24, 2.45) is 11.8 Å². The fourth-order valence-electron chi connectivity index (χ4n) is 2.91. The van der Waals surface area contributed by atoms with Crippen LogP contribution in [0, 0.1) is 11.8 Å². The van der Waals surface area contributed by atoms with E-state index in [1.54, 1.807) is 31.3 Å². The average Bonchev–Trinajstić information content (AvgIpc) is 2.45. The summed E-state index contributed by atoms with van der Waals surface area (Å²) >= 11 is 0. The predicted octanol–water partition coefficient (Wildman–Crippen LogP) is 2.56. The molecule has 1 saturated heterocycles. The summed E-state index contributed by atoms with van der Waals surface area (Å²) in [4.78, 5) is 25.8. The fourth-order valence-corrected chi connectivity index (χ4v) is 2.91. The Labute approximate surface area is 125 Å². The Balaban J connectivity index is 2.04. The van der Waals surface area contributed by atoms with Gasteiger partial charge in [-0.15, -0.1) is 0 Å². The van der Waals surface area contributed by atoms with Gasteiger partial charge in [-0.25, -0.2) is 4.79 Å². The van der Waals surface area contributed by atoms with Crippen molar-refractivity contribution in [3.63, 3.8) is 0 Å². The molecule has 5 nitrogen and oxygen atoms in total.